The average Bonchev–Trinajstić information content (AvgIpc) is 3.11. The maximum absolute atomic E-state index is 12.0. The lowest BCUT2D eigenvalue weighted by molar-refractivity contribution is -0.144. The Morgan fingerprint density at radius 2 is 1.70 bits per heavy atom. The van der Waals surface area contributed by atoms with E-state index in [2.05, 4.69) is 28.2 Å². The summed E-state index contributed by atoms with van der Waals surface area (Å²) in [4.78, 5) is 14.4. The van der Waals surface area contributed by atoms with Crippen LogP contribution in [-0.4, -0.2) is 19.1 Å². The molecule has 2 heterocycles. The van der Waals surface area contributed by atoms with Crippen LogP contribution in [0.3, 0.4) is 0 Å². The number of thiophene rings is 2. The Balaban J connectivity index is 2.26. The molecule has 0 aliphatic rings. The van der Waals surface area contributed by atoms with Gasteiger partial charge in [-0.15, -0.1) is 22.7 Å². The minimum Gasteiger partial charge on any atom is -0.468 e. The molecule has 5 heteroatoms. The van der Waals surface area contributed by atoms with Crippen molar-refractivity contribution in [2.75, 3.05) is 7.11 Å². The van der Waals surface area contributed by atoms with E-state index in [9.17, 15) is 4.79 Å². The van der Waals surface area contributed by atoms with Crippen molar-refractivity contribution in [3.8, 4) is 0 Å². The van der Waals surface area contributed by atoms with Gasteiger partial charge in [0.15, 0.2) is 0 Å². The number of carbonyl (C=O) groups is 1. The highest BCUT2D eigenvalue weighted by molar-refractivity contribution is 7.11. The SMILES string of the molecule is COC(=O)C(NC(c1cccs1)c1cccs1)C(C)C. The summed E-state index contributed by atoms with van der Waals surface area (Å²) in [6.07, 6.45) is 0. The first-order valence-electron chi connectivity index (χ1n) is 6.54. The lowest BCUT2D eigenvalue weighted by atomic mass is 10.0. The van der Waals surface area contributed by atoms with Crippen LogP contribution in [0.1, 0.15) is 29.6 Å². The Morgan fingerprint density at radius 1 is 1.15 bits per heavy atom. The zero-order chi connectivity index (χ0) is 14.5. The predicted molar refractivity (Wildman–Crippen MR) is 84.3 cm³/mol. The van der Waals surface area contributed by atoms with Gasteiger partial charge in [0.05, 0.1) is 13.2 Å². The minimum absolute atomic E-state index is 0.0431. The molecule has 0 bridgehead atoms. The number of methoxy groups -OCH3 is 1. The molecule has 0 aromatic carbocycles. The van der Waals surface area contributed by atoms with Crippen molar-refractivity contribution < 1.29 is 9.53 Å². The van der Waals surface area contributed by atoms with E-state index in [1.54, 1.807) is 22.7 Å². The molecule has 2 rings (SSSR count). The first kappa shape index (κ1) is 15.2. The van der Waals surface area contributed by atoms with Gasteiger partial charge in [-0.25, -0.2) is 0 Å². The molecule has 0 amide bonds. The van der Waals surface area contributed by atoms with Crippen molar-refractivity contribution in [1.29, 1.82) is 0 Å². The molecule has 1 N–H and O–H groups in total. The molecular weight excluding hydrogens is 290 g/mol. The lowest BCUT2D eigenvalue weighted by Crippen LogP contribution is -2.43. The fourth-order valence-electron chi connectivity index (χ4n) is 2.05. The van der Waals surface area contributed by atoms with Gasteiger partial charge in [0.25, 0.3) is 0 Å². The number of nitrogens with one attached hydrogen (secondary N) is 1. The van der Waals surface area contributed by atoms with Crippen molar-refractivity contribution >= 4 is 28.6 Å². The summed E-state index contributed by atoms with van der Waals surface area (Å²) < 4.78 is 4.91. The molecule has 2 aromatic rings. The van der Waals surface area contributed by atoms with E-state index in [0.29, 0.717) is 0 Å². The second-order valence-corrected chi connectivity index (χ2v) is 6.83. The monoisotopic (exact) mass is 309 g/mol. The molecule has 0 saturated heterocycles. The molecule has 1 unspecified atom stereocenters. The fourth-order valence-corrected chi connectivity index (χ4v) is 3.73. The third kappa shape index (κ3) is 3.48. The summed E-state index contributed by atoms with van der Waals surface area (Å²) in [6, 6.07) is 7.99. The fraction of sp³-hybridized carbons (Fsp3) is 0.400. The smallest absolute Gasteiger partial charge is 0.323 e. The first-order chi connectivity index (χ1) is 9.63. The van der Waals surface area contributed by atoms with E-state index in [-0.39, 0.29) is 24.0 Å². The molecule has 0 radical (unpaired) electrons. The third-order valence-corrected chi connectivity index (χ3v) is 5.00. The van der Waals surface area contributed by atoms with Crippen LogP contribution in [0.2, 0.25) is 0 Å². The second-order valence-electron chi connectivity index (χ2n) is 4.88. The molecule has 3 nitrogen and oxygen atoms in total. The summed E-state index contributed by atoms with van der Waals surface area (Å²) in [6.45, 7) is 4.04. The summed E-state index contributed by atoms with van der Waals surface area (Å²) in [5.41, 5.74) is 0. The van der Waals surface area contributed by atoms with Gasteiger partial charge in [0.1, 0.15) is 6.04 Å². The van der Waals surface area contributed by atoms with Gasteiger partial charge in [0.2, 0.25) is 0 Å². The Hall–Kier alpha value is -1.17. The Kier molecular flexibility index (Phi) is 5.34. The van der Waals surface area contributed by atoms with Crippen LogP contribution < -0.4 is 5.32 Å². The highest BCUT2D eigenvalue weighted by atomic mass is 32.1. The maximum atomic E-state index is 12.0. The third-order valence-electron chi connectivity index (χ3n) is 3.12. The van der Waals surface area contributed by atoms with Gasteiger partial charge in [-0.3, -0.25) is 10.1 Å². The van der Waals surface area contributed by atoms with Crippen molar-refractivity contribution in [2.24, 2.45) is 5.92 Å². The van der Waals surface area contributed by atoms with Gasteiger partial charge in [-0.2, -0.15) is 0 Å². The first-order valence-corrected chi connectivity index (χ1v) is 8.30. The zero-order valence-electron chi connectivity index (χ0n) is 11.8. The van der Waals surface area contributed by atoms with Crippen LogP contribution in [-0.2, 0) is 9.53 Å². The highest BCUT2D eigenvalue weighted by Crippen LogP contribution is 2.30. The summed E-state index contributed by atoms with van der Waals surface area (Å²) in [5.74, 6) is -0.0389. The normalized spacial score (nSPS) is 12.8. The molecule has 1 atom stereocenters. The number of carbonyl (C=O) groups excluding carboxylic acids is 1. The van der Waals surface area contributed by atoms with Crippen LogP contribution in [0.15, 0.2) is 35.0 Å². The lowest BCUT2D eigenvalue weighted by Gasteiger charge is -2.25. The van der Waals surface area contributed by atoms with Crippen molar-refractivity contribution in [1.82, 2.24) is 5.32 Å². The van der Waals surface area contributed by atoms with E-state index >= 15 is 0 Å². The van der Waals surface area contributed by atoms with Crippen LogP contribution in [0.25, 0.3) is 0 Å². The van der Waals surface area contributed by atoms with E-state index in [0.717, 1.165) is 0 Å². The van der Waals surface area contributed by atoms with Crippen LogP contribution >= 0.6 is 22.7 Å². The topological polar surface area (TPSA) is 38.3 Å². The Bertz CT molecular complexity index is 486. The summed E-state index contributed by atoms with van der Waals surface area (Å²) >= 11 is 3.39. The van der Waals surface area contributed by atoms with Gasteiger partial charge < -0.3 is 4.74 Å². The number of rotatable bonds is 6. The van der Waals surface area contributed by atoms with E-state index in [1.165, 1.54) is 16.9 Å². The molecule has 0 spiro atoms. The standard InChI is InChI=1S/C15H19NO2S2/c1-10(2)13(15(17)18-3)16-14(11-6-4-8-19-11)12-7-5-9-20-12/h4-10,13-14,16H,1-3H3. The van der Waals surface area contributed by atoms with Gasteiger partial charge in [-0.05, 0) is 28.8 Å². The van der Waals surface area contributed by atoms with Crippen LogP contribution in [0, 0.1) is 5.92 Å². The molecule has 0 fully saturated rings. The summed E-state index contributed by atoms with van der Waals surface area (Å²) in [7, 11) is 1.44. The number of esters is 1. The van der Waals surface area contributed by atoms with Crippen LogP contribution in [0.4, 0.5) is 0 Å². The molecule has 2 aromatic heterocycles. The van der Waals surface area contributed by atoms with E-state index in [4.69, 9.17) is 4.74 Å². The molecule has 20 heavy (non-hydrogen) atoms. The highest BCUT2D eigenvalue weighted by Gasteiger charge is 2.28. The molecular formula is C15H19NO2S2. The van der Waals surface area contributed by atoms with Crippen molar-refractivity contribution in [2.45, 2.75) is 25.9 Å². The summed E-state index contributed by atoms with van der Waals surface area (Å²) in [5, 5.41) is 7.57. The maximum Gasteiger partial charge on any atom is 0.323 e. The van der Waals surface area contributed by atoms with Gasteiger partial charge in [0, 0.05) is 9.75 Å². The van der Waals surface area contributed by atoms with Crippen LogP contribution in [0.5, 0.6) is 0 Å². The zero-order valence-corrected chi connectivity index (χ0v) is 13.5. The number of ether oxygens (including phenoxy) is 1. The second kappa shape index (κ2) is 7.02. The van der Waals surface area contributed by atoms with Crippen molar-refractivity contribution in [3.05, 3.63) is 44.8 Å². The molecule has 108 valence electrons. The largest absolute Gasteiger partial charge is 0.468 e. The molecule has 0 saturated carbocycles. The minimum atomic E-state index is -0.311. The predicted octanol–water partition coefficient (Wildman–Crippen LogP) is 3.69. The quantitative estimate of drug-likeness (QED) is 0.827. The van der Waals surface area contributed by atoms with Crippen molar-refractivity contribution in [3.63, 3.8) is 0 Å². The Morgan fingerprint density at radius 3 is 2.05 bits per heavy atom. The van der Waals surface area contributed by atoms with Gasteiger partial charge in [-0.1, -0.05) is 26.0 Å². The molecule has 0 aliphatic carbocycles. The number of hydrogen-bond donors (Lipinski definition) is 1. The average molecular weight is 309 g/mol. The van der Waals surface area contributed by atoms with E-state index in [1.807, 2.05) is 26.0 Å². The molecule has 0 aliphatic heterocycles. The number of hydrogen-bond acceptors (Lipinski definition) is 5. The van der Waals surface area contributed by atoms with E-state index < -0.39 is 0 Å². The van der Waals surface area contributed by atoms with Gasteiger partial charge >= 0.3 is 5.97 Å². The Labute approximate surface area is 127 Å².